The smallest absolute Gasteiger partial charge is 0.155 e. The van der Waals surface area contributed by atoms with Crippen molar-refractivity contribution >= 4 is 23.0 Å². The van der Waals surface area contributed by atoms with Gasteiger partial charge in [-0.3, -0.25) is 0 Å². The molecule has 1 fully saturated rings. The number of nitrogens with one attached hydrogen (secondary N) is 1. The van der Waals surface area contributed by atoms with E-state index in [2.05, 4.69) is 43.0 Å². The van der Waals surface area contributed by atoms with Crippen LogP contribution in [0.5, 0.6) is 0 Å². The summed E-state index contributed by atoms with van der Waals surface area (Å²) in [4.78, 5) is 8.71. The fourth-order valence-electron chi connectivity index (χ4n) is 2.32. The van der Waals surface area contributed by atoms with Crippen LogP contribution < -0.4 is 11.1 Å². The number of aromatic nitrogens is 2. The van der Waals surface area contributed by atoms with Gasteiger partial charge in [0.15, 0.2) is 5.82 Å². The fourth-order valence-corrected chi connectivity index (χ4v) is 2.47. The summed E-state index contributed by atoms with van der Waals surface area (Å²) in [5.74, 6) is 0.684. The molecule has 0 saturated heterocycles. The molecule has 1 heterocycles. The second-order valence-corrected chi connectivity index (χ2v) is 6.08. The molecule has 0 spiro atoms. The minimum absolute atomic E-state index is 0.234. The quantitative estimate of drug-likeness (QED) is 0.803. The Bertz CT molecular complexity index is 453. The van der Waals surface area contributed by atoms with Crippen molar-refractivity contribution < 1.29 is 0 Å². The molecule has 1 saturated carbocycles. The second-order valence-electron chi connectivity index (χ2n) is 5.64. The van der Waals surface area contributed by atoms with Gasteiger partial charge in [-0.05, 0) is 10.8 Å². The van der Waals surface area contributed by atoms with E-state index in [4.69, 9.17) is 18.0 Å². The first-order chi connectivity index (χ1) is 7.78. The number of nitrogens with two attached hydrogens (primary N) is 1. The molecule has 0 atom stereocenters. The van der Waals surface area contributed by atoms with E-state index in [1.165, 1.54) is 0 Å². The maximum atomic E-state index is 5.63. The van der Waals surface area contributed by atoms with Crippen LogP contribution >= 0.6 is 12.2 Å². The molecule has 0 aliphatic heterocycles. The third kappa shape index (κ3) is 1.78. The molecule has 92 valence electrons. The van der Waals surface area contributed by atoms with E-state index in [1.54, 1.807) is 12.4 Å². The van der Waals surface area contributed by atoms with Crippen LogP contribution in [0, 0.1) is 10.8 Å². The van der Waals surface area contributed by atoms with Crippen molar-refractivity contribution in [2.24, 2.45) is 16.6 Å². The standard InChI is InChI=1S/C12H18N4S/c1-11(2)10(12(11,3)4)16-9-7(8(13)17)14-5-6-15-9/h5-6,10H,1-4H3,(H2,13,17)(H,15,16). The molecule has 1 aromatic heterocycles. The SMILES string of the molecule is CC1(C)C(Nc2nccnc2C(N)=S)C1(C)C. The highest BCUT2D eigenvalue weighted by atomic mass is 32.1. The highest BCUT2D eigenvalue weighted by Crippen LogP contribution is 2.63. The number of hydrogen-bond acceptors (Lipinski definition) is 4. The summed E-state index contributed by atoms with van der Waals surface area (Å²) in [5.41, 5.74) is 6.67. The summed E-state index contributed by atoms with van der Waals surface area (Å²) in [7, 11) is 0. The third-order valence-corrected chi connectivity index (χ3v) is 4.43. The molecule has 0 bridgehead atoms. The minimum atomic E-state index is 0.234. The van der Waals surface area contributed by atoms with Gasteiger partial charge in [-0.25, -0.2) is 9.97 Å². The number of anilines is 1. The first kappa shape index (κ1) is 12.2. The van der Waals surface area contributed by atoms with Crippen molar-refractivity contribution in [3.05, 3.63) is 18.1 Å². The molecule has 1 aliphatic carbocycles. The lowest BCUT2D eigenvalue weighted by Gasteiger charge is -2.10. The average Bonchev–Trinajstić information content (AvgIpc) is 2.61. The molecule has 0 unspecified atom stereocenters. The molecule has 4 nitrogen and oxygen atoms in total. The van der Waals surface area contributed by atoms with E-state index in [0.29, 0.717) is 17.6 Å². The van der Waals surface area contributed by atoms with E-state index < -0.39 is 0 Å². The first-order valence-electron chi connectivity index (χ1n) is 5.66. The number of hydrogen-bond donors (Lipinski definition) is 2. The highest BCUT2D eigenvalue weighted by molar-refractivity contribution is 7.80. The lowest BCUT2D eigenvalue weighted by Crippen LogP contribution is -2.19. The summed E-state index contributed by atoms with van der Waals surface area (Å²) < 4.78 is 0. The molecule has 5 heteroatoms. The molecule has 1 aromatic rings. The number of nitrogens with zero attached hydrogens (tertiary/aromatic N) is 2. The van der Waals surface area contributed by atoms with Gasteiger partial charge < -0.3 is 11.1 Å². The van der Waals surface area contributed by atoms with Gasteiger partial charge in [-0.2, -0.15) is 0 Å². The second kappa shape index (κ2) is 3.63. The molecule has 17 heavy (non-hydrogen) atoms. The van der Waals surface area contributed by atoms with Gasteiger partial charge in [0.05, 0.1) is 0 Å². The van der Waals surface area contributed by atoms with Crippen molar-refractivity contribution in [1.82, 2.24) is 9.97 Å². The van der Waals surface area contributed by atoms with Crippen LogP contribution in [0.2, 0.25) is 0 Å². The average molecular weight is 250 g/mol. The number of rotatable bonds is 3. The van der Waals surface area contributed by atoms with Gasteiger partial charge in [-0.1, -0.05) is 39.9 Å². The topological polar surface area (TPSA) is 63.8 Å². The van der Waals surface area contributed by atoms with Gasteiger partial charge in [-0.15, -0.1) is 0 Å². The predicted octanol–water partition coefficient (Wildman–Crippen LogP) is 1.96. The summed E-state index contributed by atoms with van der Waals surface area (Å²) in [6.07, 6.45) is 3.25. The Labute approximate surface area is 107 Å². The maximum absolute atomic E-state index is 5.63. The third-order valence-electron chi connectivity index (χ3n) is 4.23. The van der Waals surface area contributed by atoms with Gasteiger partial charge >= 0.3 is 0 Å². The van der Waals surface area contributed by atoms with Crippen LogP contribution in [0.3, 0.4) is 0 Å². The van der Waals surface area contributed by atoms with Crippen LogP contribution in [0.25, 0.3) is 0 Å². The summed E-state index contributed by atoms with van der Waals surface area (Å²) in [5, 5.41) is 3.41. The Balaban J connectivity index is 2.25. The summed E-state index contributed by atoms with van der Waals surface area (Å²) >= 11 is 4.97. The Morgan fingerprint density at radius 3 is 2.24 bits per heavy atom. The van der Waals surface area contributed by atoms with Crippen molar-refractivity contribution in [3.63, 3.8) is 0 Å². The highest BCUT2D eigenvalue weighted by Gasteiger charge is 2.65. The zero-order valence-corrected chi connectivity index (χ0v) is 11.4. The van der Waals surface area contributed by atoms with Crippen molar-refractivity contribution in [2.45, 2.75) is 33.7 Å². The van der Waals surface area contributed by atoms with Crippen LogP contribution in [0.1, 0.15) is 33.4 Å². The van der Waals surface area contributed by atoms with Crippen molar-refractivity contribution in [1.29, 1.82) is 0 Å². The van der Waals surface area contributed by atoms with Crippen LogP contribution in [0.4, 0.5) is 5.82 Å². The minimum Gasteiger partial charge on any atom is -0.388 e. The van der Waals surface area contributed by atoms with Crippen LogP contribution in [-0.2, 0) is 0 Å². The summed E-state index contributed by atoms with van der Waals surface area (Å²) in [6, 6.07) is 0.361. The first-order valence-corrected chi connectivity index (χ1v) is 6.06. The molecule has 0 aromatic carbocycles. The Hall–Kier alpha value is -1.23. The Morgan fingerprint density at radius 2 is 1.76 bits per heavy atom. The van der Waals surface area contributed by atoms with Gasteiger partial charge in [0.2, 0.25) is 0 Å². The van der Waals surface area contributed by atoms with E-state index in [9.17, 15) is 0 Å². The molecule has 3 N–H and O–H groups in total. The fraction of sp³-hybridized carbons (Fsp3) is 0.583. The molecule has 1 aliphatic rings. The maximum Gasteiger partial charge on any atom is 0.155 e. The van der Waals surface area contributed by atoms with Crippen molar-refractivity contribution in [2.75, 3.05) is 5.32 Å². The lowest BCUT2D eigenvalue weighted by molar-refractivity contribution is 0.457. The van der Waals surface area contributed by atoms with E-state index in [0.717, 1.165) is 0 Å². The molecule has 0 radical (unpaired) electrons. The van der Waals surface area contributed by atoms with Crippen LogP contribution in [0.15, 0.2) is 12.4 Å². The van der Waals surface area contributed by atoms with Gasteiger partial charge in [0, 0.05) is 18.4 Å². The molecular formula is C12H18N4S. The lowest BCUT2D eigenvalue weighted by atomic mass is 10.0. The van der Waals surface area contributed by atoms with E-state index in [1.807, 2.05) is 0 Å². The van der Waals surface area contributed by atoms with E-state index >= 15 is 0 Å². The van der Waals surface area contributed by atoms with E-state index in [-0.39, 0.29) is 15.8 Å². The van der Waals surface area contributed by atoms with Crippen LogP contribution in [-0.4, -0.2) is 21.0 Å². The summed E-state index contributed by atoms with van der Waals surface area (Å²) in [6.45, 7) is 8.95. The Morgan fingerprint density at radius 1 is 1.24 bits per heavy atom. The zero-order chi connectivity index (χ0) is 12.8. The number of thiocarbonyl (C=S) groups is 1. The molecule has 0 amide bonds. The molecular weight excluding hydrogens is 232 g/mol. The van der Waals surface area contributed by atoms with Gasteiger partial charge in [0.1, 0.15) is 10.7 Å². The normalized spacial score (nSPS) is 20.9. The van der Waals surface area contributed by atoms with Gasteiger partial charge in [0.25, 0.3) is 0 Å². The predicted molar refractivity (Wildman–Crippen MR) is 72.9 cm³/mol. The largest absolute Gasteiger partial charge is 0.388 e. The monoisotopic (exact) mass is 250 g/mol. The molecule has 2 rings (SSSR count). The Kier molecular flexibility index (Phi) is 2.61. The van der Waals surface area contributed by atoms with Crippen molar-refractivity contribution in [3.8, 4) is 0 Å². The zero-order valence-electron chi connectivity index (χ0n) is 10.6.